The van der Waals surface area contributed by atoms with Gasteiger partial charge >= 0.3 is 17.1 Å². The van der Waals surface area contributed by atoms with Crippen molar-refractivity contribution < 1.29 is 51.9 Å². The second kappa shape index (κ2) is 7.18. The maximum atomic E-state index is 10.1. The molecule has 0 fully saturated rings. The third-order valence-electron chi connectivity index (χ3n) is 1.25. The summed E-state index contributed by atoms with van der Waals surface area (Å²) in [6, 6.07) is 0. The molecule has 15 heavy (non-hydrogen) atoms. The molecular formula is C6H8CuNO7. The van der Waals surface area contributed by atoms with Gasteiger partial charge in [0.1, 0.15) is 5.60 Å². The first-order valence-corrected chi connectivity index (χ1v) is 3.11. The Kier molecular flexibility index (Phi) is 9.30. The predicted molar refractivity (Wildman–Crippen MR) is 34.2 cm³/mol. The van der Waals surface area contributed by atoms with Crippen LogP contribution in [0.15, 0.2) is 0 Å². The molecule has 0 unspecified atom stereocenters. The Bertz CT molecular complexity index is 238. The fraction of sp³-hybridized carbons (Fsp3) is 0.500. The first-order valence-electron chi connectivity index (χ1n) is 3.11. The van der Waals surface area contributed by atoms with E-state index in [4.69, 9.17) is 5.11 Å². The van der Waals surface area contributed by atoms with Crippen molar-refractivity contribution in [3.05, 3.63) is 0 Å². The van der Waals surface area contributed by atoms with Crippen molar-refractivity contribution in [3.63, 3.8) is 0 Å². The molecule has 0 heterocycles. The molecule has 0 atom stereocenters. The largest absolute Gasteiger partial charge is 3.00 e. The molecular weight excluding hydrogens is 262 g/mol. The summed E-state index contributed by atoms with van der Waals surface area (Å²) in [6.45, 7) is 0. The number of aliphatic carboxylic acids is 3. The number of carboxylic acid groups (broad SMARTS) is 3. The van der Waals surface area contributed by atoms with E-state index in [1.807, 2.05) is 0 Å². The maximum Gasteiger partial charge on any atom is 3.00 e. The van der Waals surface area contributed by atoms with Crippen LogP contribution in [0.5, 0.6) is 0 Å². The second-order valence-electron chi connectivity index (χ2n) is 2.42. The van der Waals surface area contributed by atoms with Gasteiger partial charge in [-0.05, 0) is 0 Å². The molecule has 0 aromatic heterocycles. The van der Waals surface area contributed by atoms with Crippen LogP contribution in [0.2, 0.25) is 0 Å². The number of carbonyl (C=O) groups excluding carboxylic acids is 3. The zero-order chi connectivity index (χ0) is 10.6. The van der Waals surface area contributed by atoms with Crippen LogP contribution in [-0.2, 0) is 31.5 Å². The van der Waals surface area contributed by atoms with Crippen molar-refractivity contribution >= 4 is 17.9 Å². The van der Waals surface area contributed by atoms with Gasteiger partial charge in [0, 0.05) is 24.8 Å². The van der Waals surface area contributed by atoms with Gasteiger partial charge < -0.3 is 41.0 Å². The second-order valence-corrected chi connectivity index (χ2v) is 2.42. The number of carboxylic acids is 3. The molecule has 0 aliphatic rings. The zero-order valence-electron chi connectivity index (χ0n) is 7.32. The summed E-state index contributed by atoms with van der Waals surface area (Å²) in [7, 11) is 0. The standard InChI is InChI=1S/C6H8O7.Cu.H3N/c7-3(8)1-6(13,5(11)12)2-4(9)10;;/h13H,1-2H2,(H,7,8)(H,9,10)(H,11,12);;1H3/q;+3;/p-3. The molecule has 90 valence electrons. The summed E-state index contributed by atoms with van der Waals surface area (Å²) >= 11 is 0. The van der Waals surface area contributed by atoms with Crippen molar-refractivity contribution in [1.29, 1.82) is 0 Å². The number of hydrogen-bond acceptors (Lipinski definition) is 8. The maximum absolute atomic E-state index is 10.1. The Morgan fingerprint density at radius 2 is 1.27 bits per heavy atom. The predicted octanol–water partition coefficient (Wildman–Crippen LogP) is -5.09. The minimum atomic E-state index is -2.97. The van der Waals surface area contributed by atoms with E-state index >= 15 is 0 Å². The number of rotatable bonds is 5. The van der Waals surface area contributed by atoms with Crippen LogP contribution < -0.4 is 21.5 Å². The van der Waals surface area contributed by atoms with Gasteiger partial charge in [-0.15, -0.1) is 0 Å². The van der Waals surface area contributed by atoms with Gasteiger partial charge in [-0.3, -0.25) is 0 Å². The molecule has 0 aliphatic heterocycles. The Hall–Kier alpha value is -1.15. The topological polar surface area (TPSA) is 176 Å². The molecule has 9 heteroatoms. The Labute approximate surface area is 95.0 Å². The van der Waals surface area contributed by atoms with E-state index in [2.05, 4.69) is 0 Å². The summed E-state index contributed by atoms with van der Waals surface area (Å²) in [6.07, 6.45) is -2.72. The van der Waals surface area contributed by atoms with E-state index in [-0.39, 0.29) is 23.2 Å². The van der Waals surface area contributed by atoms with Gasteiger partial charge in [-0.1, -0.05) is 0 Å². The average molecular weight is 270 g/mol. The summed E-state index contributed by atoms with van der Waals surface area (Å²) in [5.41, 5.74) is -2.97. The third-order valence-corrected chi connectivity index (χ3v) is 1.25. The van der Waals surface area contributed by atoms with Crippen LogP contribution in [0.1, 0.15) is 12.8 Å². The van der Waals surface area contributed by atoms with Crippen LogP contribution in [0.25, 0.3) is 0 Å². The van der Waals surface area contributed by atoms with Gasteiger partial charge in [0.25, 0.3) is 0 Å². The van der Waals surface area contributed by atoms with Crippen molar-refractivity contribution in [1.82, 2.24) is 6.15 Å². The normalized spacial score (nSPS) is 9.40. The molecule has 0 spiro atoms. The zero-order valence-corrected chi connectivity index (χ0v) is 8.26. The molecule has 0 saturated carbocycles. The molecule has 0 radical (unpaired) electrons. The van der Waals surface area contributed by atoms with Crippen molar-refractivity contribution in [2.45, 2.75) is 18.4 Å². The molecule has 8 nitrogen and oxygen atoms in total. The Balaban J connectivity index is -0.000000720. The van der Waals surface area contributed by atoms with E-state index in [1.54, 1.807) is 0 Å². The number of aliphatic hydroxyl groups is 1. The molecule has 0 aromatic carbocycles. The average Bonchev–Trinajstić information content (AvgIpc) is 1.82. The third kappa shape index (κ3) is 6.86. The number of carbonyl (C=O) groups is 3. The van der Waals surface area contributed by atoms with Crippen LogP contribution in [0.3, 0.4) is 0 Å². The molecule has 0 saturated heterocycles. The fourth-order valence-electron chi connectivity index (χ4n) is 0.684. The summed E-state index contributed by atoms with van der Waals surface area (Å²) in [5.74, 6) is -5.98. The van der Waals surface area contributed by atoms with Gasteiger partial charge in [0.2, 0.25) is 0 Å². The Morgan fingerprint density at radius 3 is 1.40 bits per heavy atom. The first kappa shape index (κ1) is 19.4. The van der Waals surface area contributed by atoms with E-state index in [9.17, 15) is 29.7 Å². The SMILES string of the molecule is N.O=C([O-])CC(O)(CC(=O)[O-])C(=O)[O-].[Cu+3]. The molecule has 0 amide bonds. The quantitative estimate of drug-likeness (QED) is 0.466. The van der Waals surface area contributed by atoms with Gasteiger partial charge in [-0.25, -0.2) is 0 Å². The minimum absolute atomic E-state index is 0. The van der Waals surface area contributed by atoms with Crippen molar-refractivity contribution in [3.8, 4) is 0 Å². The van der Waals surface area contributed by atoms with E-state index in [0.29, 0.717) is 0 Å². The smallest absolute Gasteiger partial charge is 0.550 e. The van der Waals surface area contributed by atoms with Crippen LogP contribution >= 0.6 is 0 Å². The minimum Gasteiger partial charge on any atom is -0.550 e. The molecule has 0 aromatic rings. The fourth-order valence-corrected chi connectivity index (χ4v) is 0.684. The van der Waals surface area contributed by atoms with Gasteiger partial charge in [-0.2, -0.15) is 0 Å². The van der Waals surface area contributed by atoms with E-state index in [0.717, 1.165) is 0 Å². The van der Waals surface area contributed by atoms with Gasteiger partial charge in [0.05, 0.1) is 5.97 Å². The summed E-state index contributed by atoms with van der Waals surface area (Å²) < 4.78 is 0. The number of hydrogen-bond donors (Lipinski definition) is 2. The summed E-state index contributed by atoms with van der Waals surface area (Å²) in [4.78, 5) is 30.0. The monoisotopic (exact) mass is 269 g/mol. The Morgan fingerprint density at radius 1 is 1.00 bits per heavy atom. The molecule has 0 bridgehead atoms. The first-order chi connectivity index (χ1) is 5.78. The van der Waals surface area contributed by atoms with Crippen molar-refractivity contribution in [2.24, 2.45) is 0 Å². The summed E-state index contributed by atoms with van der Waals surface area (Å²) in [5, 5.41) is 38.9. The van der Waals surface area contributed by atoms with E-state index < -0.39 is 36.4 Å². The van der Waals surface area contributed by atoms with Gasteiger partial charge in [0.15, 0.2) is 0 Å². The van der Waals surface area contributed by atoms with Crippen LogP contribution in [0, 0.1) is 0 Å². The van der Waals surface area contributed by atoms with Crippen molar-refractivity contribution in [2.75, 3.05) is 0 Å². The van der Waals surface area contributed by atoms with Crippen LogP contribution in [0.4, 0.5) is 0 Å². The molecule has 4 N–H and O–H groups in total. The van der Waals surface area contributed by atoms with Crippen LogP contribution in [-0.4, -0.2) is 28.6 Å². The molecule has 0 aliphatic carbocycles. The van der Waals surface area contributed by atoms with E-state index in [1.165, 1.54) is 0 Å². The molecule has 0 rings (SSSR count).